The summed E-state index contributed by atoms with van der Waals surface area (Å²) in [5.74, 6) is -1.98. The van der Waals surface area contributed by atoms with Crippen LogP contribution >= 0.6 is 0 Å². The molecule has 6 nitrogen and oxygen atoms in total. The predicted octanol–water partition coefficient (Wildman–Crippen LogP) is 2.61. The minimum absolute atomic E-state index is 0.0518. The predicted molar refractivity (Wildman–Crippen MR) is 89.1 cm³/mol. The average molecular weight is 384 g/mol. The van der Waals surface area contributed by atoms with E-state index in [0.717, 1.165) is 0 Å². The zero-order valence-corrected chi connectivity index (χ0v) is 14.6. The Morgan fingerprint density at radius 3 is 2.48 bits per heavy atom. The number of benzene rings is 1. The van der Waals surface area contributed by atoms with Gasteiger partial charge in [0.1, 0.15) is 0 Å². The summed E-state index contributed by atoms with van der Waals surface area (Å²) in [6.45, 7) is 1.12. The van der Waals surface area contributed by atoms with Crippen LogP contribution in [0.3, 0.4) is 0 Å². The standard InChI is InChI=1S/C18H19F3N2O4/c19-18(20,21)11-3-1-4-22(9-11)10-23-13-8-15-14(26-5-2-6-27-15)7-12(13)16(24)17(23)25/h7-8,11H,1-6,9-10H2. The Kier molecular flexibility index (Phi) is 4.49. The molecule has 27 heavy (non-hydrogen) atoms. The molecule has 3 aliphatic rings. The molecule has 1 fully saturated rings. The first kappa shape index (κ1) is 18.1. The molecule has 146 valence electrons. The molecule has 1 amide bonds. The lowest BCUT2D eigenvalue weighted by molar-refractivity contribution is -0.186. The molecule has 0 N–H and O–H groups in total. The normalized spacial score (nSPS) is 23.4. The highest BCUT2D eigenvalue weighted by Crippen LogP contribution is 2.41. The van der Waals surface area contributed by atoms with Gasteiger partial charge < -0.3 is 9.47 Å². The molecular weight excluding hydrogens is 365 g/mol. The van der Waals surface area contributed by atoms with Gasteiger partial charge in [-0.1, -0.05) is 0 Å². The third-order valence-corrected chi connectivity index (χ3v) is 5.15. The number of ketones is 1. The third-order valence-electron chi connectivity index (χ3n) is 5.15. The first-order chi connectivity index (χ1) is 12.8. The number of fused-ring (bicyclic) bond motifs is 2. The van der Waals surface area contributed by atoms with E-state index in [2.05, 4.69) is 0 Å². The zero-order valence-electron chi connectivity index (χ0n) is 14.6. The molecule has 3 heterocycles. The molecular formula is C18H19F3N2O4. The van der Waals surface area contributed by atoms with Crippen LogP contribution in [0.15, 0.2) is 12.1 Å². The van der Waals surface area contributed by atoms with E-state index in [-0.39, 0.29) is 25.2 Å². The largest absolute Gasteiger partial charge is 0.490 e. The van der Waals surface area contributed by atoms with E-state index in [0.29, 0.717) is 49.8 Å². The van der Waals surface area contributed by atoms with Crippen LogP contribution in [-0.4, -0.2) is 55.7 Å². The Morgan fingerprint density at radius 2 is 1.78 bits per heavy atom. The number of nitrogens with zero attached hydrogens (tertiary/aromatic N) is 2. The molecule has 0 aliphatic carbocycles. The lowest BCUT2D eigenvalue weighted by atomic mass is 9.98. The second-order valence-electron chi connectivity index (χ2n) is 7.03. The van der Waals surface area contributed by atoms with Gasteiger partial charge in [-0.15, -0.1) is 0 Å². The van der Waals surface area contributed by atoms with Gasteiger partial charge in [-0.05, 0) is 25.5 Å². The number of carbonyl (C=O) groups is 2. The Bertz CT molecular complexity index is 781. The van der Waals surface area contributed by atoms with Crippen molar-refractivity contribution in [3.05, 3.63) is 17.7 Å². The van der Waals surface area contributed by atoms with Crippen LogP contribution in [0.2, 0.25) is 0 Å². The quantitative estimate of drug-likeness (QED) is 0.734. The van der Waals surface area contributed by atoms with Gasteiger partial charge in [0.25, 0.3) is 5.78 Å². The van der Waals surface area contributed by atoms with E-state index < -0.39 is 23.8 Å². The van der Waals surface area contributed by atoms with Crippen LogP contribution in [-0.2, 0) is 4.79 Å². The maximum absolute atomic E-state index is 13.0. The molecule has 4 rings (SSSR count). The monoisotopic (exact) mass is 384 g/mol. The van der Waals surface area contributed by atoms with Crippen molar-refractivity contribution in [2.45, 2.75) is 25.4 Å². The van der Waals surface area contributed by atoms with Crippen LogP contribution in [0.25, 0.3) is 0 Å². The summed E-state index contributed by atoms with van der Waals surface area (Å²) in [6, 6.07) is 3.06. The van der Waals surface area contributed by atoms with E-state index in [1.165, 1.54) is 11.0 Å². The van der Waals surface area contributed by atoms with Crippen molar-refractivity contribution >= 4 is 17.4 Å². The minimum atomic E-state index is -4.26. The topological polar surface area (TPSA) is 59.1 Å². The summed E-state index contributed by atoms with van der Waals surface area (Å²) < 4.78 is 50.3. The van der Waals surface area contributed by atoms with Gasteiger partial charge >= 0.3 is 12.1 Å². The second-order valence-corrected chi connectivity index (χ2v) is 7.03. The van der Waals surface area contributed by atoms with Crippen LogP contribution in [0.5, 0.6) is 11.5 Å². The Hall–Kier alpha value is -2.29. The Morgan fingerprint density at radius 1 is 1.07 bits per heavy atom. The van der Waals surface area contributed by atoms with Crippen molar-refractivity contribution in [3.63, 3.8) is 0 Å². The maximum Gasteiger partial charge on any atom is 0.393 e. The number of hydrogen-bond donors (Lipinski definition) is 0. The lowest BCUT2D eigenvalue weighted by Gasteiger charge is -2.35. The van der Waals surface area contributed by atoms with Crippen molar-refractivity contribution in [1.29, 1.82) is 0 Å². The Balaban J connectivity index is 1.59. The smallest absolute Gasteiger partial charge is 0.393 e. The molecule has 0 spiro atoms. The van der Waals surface area contributed by atoms with E-state index in [9.17, 15) is 22.8 Å². The van der Waals surface area contributed by atoms with Gasteiger partial charge in [0, 0.05) is 19.0 Å². The van der Waals surface area contributed by atoms with E-state index in [1.54, 1.807) is 11.0 Å². The van der Waals surface area contributed by atoms with Crippen LogP contribution in [0.4, 0.5) is 18.9 Å². The van der Waals surface area contributed by atoms with Gasteiger partial charge in [0.2, 0.25) is 0 Å². The molecule has 0 saturated carbocycles. The molecule has 1 saturated heterocycles. The highest BCUT2D eigenvalue weighted by molar-refractivity contribution is 6.52. The molecule has 1 aromatic rings. The summed E-state index contributed by atoms with van der Waals surface area (Å²) in [5, 5.41) is 0. The summed E-state index contributed by atoms with van der Waals surface area (Å²) in [4.78, 5) is 27.6. The summed E-state index contributed by atoms with van der Waals surface area (Å²) >= 11 is 0. The summed E-state index contributed by atoms with van der Waals surface area (Å²) in [6.07, 6.45) is -3.08. The number of Topliss-reactive ketones (excluding diaryl/α,β-unsaturated/α-hetero) is 1. The van der Waals surface area contributed by atoms with Crippen molar-refractivity contribution in [2.75, 3.05) is 37.9 Å². The number of piperidine rings is 1. The summed E-state index contributed by atoms with van der Waals surface area (Å²) in [7, 11) is 0. The SMILES string of the molecule is O=C1C(=O)N(CN2CCCC(C(F)(F)F)C2)c2cc3c(cc21)OCCCO3. The first-order valence-corrected chi connectivity index (χ1v) is 8.93. The third kappa shape index (κ3) is 3.36. The average Bonchev–Trinajstić information content (AvgIpc) is 2.81. The van der Waals surface area contributed by atoms with Gasteiger partial charge in [-0.3, -0.25) is 19.4 Å². The second kappa shape index (κ2) is 6.70. The highest BCUT2D eigenvalue weighted by atomic mass is 19.4. The van der Waals surface area contributed by atoms with E-state index in [4.69, 9.17) is 9.47 Å². The molecule has 0 radical (unpaired) electrons. The number of alkyl halides is 3. The van der Waals surface area contributed by atoms with Crippen LogP contribution in [0, 0.1) is 5.92 Å². The number of rotatable bonds is 2. The lowest BCUT2D eigenvalue weighted by Crippen LogP contribution is -2.48. The highest BCUT2D eigenvalue weighted by Gasteiger charge is 2.43. The van der Waals surface area contributed by atoms with Crippen molar-refractivity contribution in [3.8, 4) is 11.5 Å². The number of hydrogen-bond acceptors (Lipinski definition) is 5. The molecule has 0 aromatic heterocycles. The van der Waals surface area contributed by atoms with Crippen molar-refractivity contribution in [2.24, 2.45) is 5.92 Å². The minimum Gasteiger partial charge on any atom is -0.490 e. The fraction of sp³-hybridized carbons (Fsp3) is 0.556. The fourth-order valence-electron chi connectivity index (χ4n) is 3.74. The number of amides is 1. The molecule has 3 aliphatic heterocycles. The molecule has 9 heteroatoms. The number of halogens is 3. The number of likely N-dealkylation sites (tertiary alicyclic amines) is 1. The van der Waals surface area contributed by atoms with Crippen LogP contribution < -0.4 is 14.4 Å². The van der Waals surface area contributed by atoms with E-state index >= 15 is 0 Å². The van der Waals surface area contributed by atoms with E-state index in [1.807, 2.05) is 0 Å². The van der Waals surface area contributed by atoms with Gasteiger partial charge in [0.15, 0.2) is 11.5 Å². The Labute approximate surface area is 153 Å². The van der Waals surface area contributed by atoms with Crippen molar-refractivity contribution in [1.82, 2.24) is 4.90 Å². The van der Waals surface area contributed by atoms with Gasteiger partial charge in [0.05, 0.1) is 37.1 Å². The van der Waals surface area contributed by atoms with Gasteiger partial charge in [-0.25, -0.2) is 0 Å². The molecule has 1 unspecified atom stereocenters. The summed E-state index contributed by atoms with van der Waals surface area (Å²) in [5.41, 5.74) is 0.567. The van der Waals surface area contributed by atoms with Crippen LogP contribution in [0.1, 0.15) is 29.6 Å². The fourth-order valence-corrected chi connectivity index (χ4v) is 3.74. The van der Waals surface area contributed by atoms with Gasteiger partial charge in [-0.2, -0.15) is 13.2 Å². The zero-order chi connectivity index (χ0) is 19.2. The number of carbonyl (C=O) groups excluding carboxylic acids is 2. The first-order valence-electron chi connectivity index (χ1n) is 8.93. The molecule has 1 aromatic carbocycles. The van der Waals surface area contributed by atoms with Crippen molar-refractivity contribution < 1.29 is 32.2 Å². The molecule has 0 bridgehead atoms. The number of ether oxygens (including phenoxy) is 2. The number of anilines is 1. The molecule has 1 atom stereocenters. The maximum atomic E-state index is 13.0.